The summed E-state index contributed by atoms with van der Waals surface area (Å²) in [6, 6.07) is 6.56. The lowest BCUT2D eigenvalue weighted by atomic mass is 9.58. The van der Waals surface area contributed by atoms with Crippen LogP contribution in [0, 0.1) is 16.6 Å². The molecule has 0 N–H and O–H groups in total. The van der Waals surface area contributed by atoms with E-state index < -0.39 is 0 Å². The van der Waals surface area contributed by atoms with Gasteiger partial charge in [-0.2, -0.15) is 5.10 Å². The van der Waals surface area contributed by atoms with E-state index >= 15 is 0 Å². The first-order valence-corrected chi connectivity index (χ1v) is 9.18. The third-order valence-corrected chi connectivity index (χ3v) is 6.78. The third kappa shape index (κ3) is 2.25. The molecule has 1 saturated carbocycles. The van der Waals surface area contributed by atoms with Gasteiger partial charge in [0.15, 0.2) is 0 Å². The molecule has 25 heavy (non-hydrogen) atoms. The van der Waals surface area contributed by atoms with E-state index in [1.807, 2.05) is 10.9 Å². The van der Waals surface area contributed by atoms with E-state index in [2.05, 4.69) is 37.7 Å². The highest BCUT2D eigenvalue weighted by Gasteiger charge is 2.53. The number of hydrogen-bond acceptors (Lipinski definition) is 1. The van der Waals surface area contributed by atoms with E-state index in [9.17, 15) is 4.39 Å². The molecule has 0 aliphatic heterocycles. The van der Waals surface area contributed by atoms with Gasteiger partial charge in [-0.1, -0.05) is 25.5 Å². The number of rotatable bonds is 4. The Morgan fingerprint density at radius 3 is 2.76 bits per heavy atom. The van der Waals surface area contributed by atoms with Gasteiger partial charge < -0.3 is 0 Å². The van der Waals surface area contributed by atoms with E-state index in [4.69, 9.17) is 0 Å². The second-order valence-corrected chi connectivity index (χ2v) is 7.75. The molecule has 130 valence electrons. The molecule has 4 rings (SSSR count). The van der Waals surface area contributed by atoms with Crippen LogP contribution >= 0.6 is 0 Å². The Balaban J connectivity index is 1.79. The molecule has 3 heteroatoms. The van der Waals surface area contributed by atoms with Gasteiger partial charge in [-0.3, -0.25) is 0 Å². The summed E-state index contributed by atoms with van der Waals surface area (Å²) in [5.74, 6) is -0.219. The Morgan fingerprint density at radius 1 is 1.32 bits per heavy atom. The van der Waals surface area contributed by atoms with Crippen LogP contribution in [0.25, 0.3) is 11.8 Å². The van der Waals surface area contributed by atoms with Crippen LogP contribution in [0.1, 0.15) is 50.8 Å². The molecular formula is C22H25FN2. The van der Waals surface area contributed by atoms with Crippen LogP contribution in [0.15, 0.2) is 48.7 Å². The van der Waals surface area contributed by atoms with Gasteiger partial charge in [0.25, 0.3) is 0 Å². The van der Waals surface area contributed by atoms with Gasteiger partial charge in [0.1, 0.15) is 5.82 Å². The summed E-state index contributed by atoms with van der Waals surface area (Å²) in [5, 5.41) is 4.61. The van der Waals surface area contributed by atoms with E-state index in [0.29, 0.717) is 5.41 Å². The normalized spacial score (nSPS) is 27.6. The minimum Gasteiger partial charge on any atom is -0.233 e. The van der Waals surface area contributed by atoms with Crippen molar-refractivity contribution in [1.29, 1.82) is 0 Å². The molecule has 0 amide bonds. The van der Waals surface area contributed by atoms with Gasteiger partial charge in [-0.25, -0.2) is 9.07 Å². The minimum atomic E-state index is -0.219. The fourth-order valence-corrected chi connectivity index (χ4v) is 5.13. The van der Waals surface area contributed by atoms with E-state index in [1.54, 1.807) is 12.1 Å². The second-order valence-electron chi connectivity index (χ2n) is 7.75. The molecule has 2 aromatic rings. The smallest absolute Gasteiger partial charge is 0.123 e. The lowest BCUT2D eigenvalue weighted by molar-refractivity contribution is 0.112. The van der Waals surface area contributed by atoms with Gasteiger partial charge in [-0.05, 0) is 78.8 Å². The molecule has 2 nitrogen and oxygen atoms in total. The first-order chi connectivity index (χ1) is 12.0. The first kappa shape index (κ1) is 16.3. The zero-order valence-corrected chi connectivity index (χ0v) is 15.1. The van der Waals surface area contributed by atoms with Crippen LogP contribution in [-0.4, -0.2) is 9.78 Å². The summed E-state index contributed by atoms with van der Waals surface area (Å²) < 4.78 is 15.2. The number of aromatic nitrogens is 2. The third-order valence-electron chi connectivity index (χ3n) is 6.78. The van der Waals surface area contributed by atoms with Crippen LogP contribution in [0.4, 0.5) is 4.39 Å². The van der Waals surface area contributed by atoms with Crippen molar-refractivity contribution in [2.45, 2.75) is 46.0 Å². The van der Waals surface area contributed by atoms with Crippen LogP contribution in [0.3, 0.4) is 0 Å². The van der Waals surface area contributed by atoms with Crippen LogP contribution in [0.2, 0.25) is 0 Å². The van der Waals surface area contributed by atoms with E-state index in [-0.39, 0.29) is 11.2 Å². The lowest BCUT2D eigenvalue weighted by Crippen LogP contribution is -2.38. The summed E-state index contributed by atoms with van der Waals surface area (Å²) in [6.07, 6.45) is 12.1. The van der Waals surface area contributed by atoms with Crippen molar-refractivity contribution in [3.8, 4) is 5.69 Å². The van der Waals surface area contributed by atoms with Gasteiger partial charge in [0, 0.05) is 0 Å². The highest BCUT2D eigenvalue weighted by molar-refractivity contribution is 5.62. The number of halogens is 1. The first-order valence-electron chi connectivity index (χ1n) is 9.18. The van der Waals surface area contributed by atoms with Crippen molar-refractivity contribution in [1.82, 2.24) is 9.78 Å². The zero-order valence-electron chi connectivity index (χ0n) is 15.1. The Labute approximate surface area is 149 Å². The summed E-state index contributed by atoms with van der Waals surface area (Å²) in [4.78, 5) is 0. The number of benzene rings is 1. The van der Waals surface area contributed by atoms with E-state index in [1.165, 1.54) is 36.1 Å². The van der Waals surface area contributed by atoms with Crippen LogP contribution < -0.4 is 0 Å². The lowest BCUT2D eigenvalue weighted by Gasteiger charge is -2.45. The van der Waals surface area contributed by atoms with Crippen LogP contribution in [-0.2, 0) is 6.42 Å². The maximum Gasteiger partial charge on any atom is 0.123 e. The summed E-state index contributed by atoms with van der Waals surface area (Å²) in [7, 11) is 0. The molecule has 0 unspecified atom stereocenters. The largest absolute Gasteiger partial charge is 0.233 e. The van der Waals surface area contributed by atoms with Crippen molar-refractivity contribution >= 4 is 6.08 Å². The predicted octanol–water partition coefficient (Wildman–Crippen LogP) is 5.72. The highest BCUT2D eigenvalue weighted by atomic mass is 19.1. The molecule has 1 fully saturated rings. The highest BCUT2D eigenvalue weighted by Crippen LogP contribution is 2.63. The summed E-state index contributed by atoms with van der Waals surface area (Å²) in [6.45, 7) is 8.76. The fraction of sp³-hybridized carbons (Fsp3) is 0.409. The average Bonchev–Trinajstić information content (AvgIpc) is 3.13. The van der Waals surface area contributed by atoms with Gasteiger partial charge in [0.2, 0.25) is 0 Å². The molecule has 0 radical (unpaired) electrons. The van der Waals surface area contributed by atoms with Crippen molar-refractivity contribution in [3.05, 3.63) is 65.8 Å². The zero-order chi connectivity index (χ0) is 17.7. The van der Waals surface area contributed by atoms with Crippen LogP contribution in [0.5, 0.6) is 0 Å². The molecule has 1 aromatic carbocycles. The molecule has 0 bridgehead atoms. The Hall–Kier alpha value is -2.16. The van der Waals surface area contributed by atoms with Crippen molar-refractivity contribution in [3.63, 3.8) is 0 Å². The van der Waals surface area contributed by atoms with Gasteiger partial charge >= 0.3 is 0 Å². The SMILES string of the molecule is C=CC[C@]1(CC)CCC2=Cc3c(cnn3-c3ccc(F)cc3)C[C@@]21C. The molecule has 0 saturated heterocycles. The molecule has 1 aromatic heterocycles. The maximum absolute atomic E-state index is 13.2. The van der Waals surface area contributed by atoms with Crippen molar-refractivity contribution in [2.24, 2.45) is 10.8 Å². The van der Waals surface area contributed by atoms with Gasteiger partial charge in [0.05, 0.1) is 17.6 Å². The second kappa shape index (κ2) is 5.69. The van der Waals surface area contributed by atoms with Crippen molar-refractivity contribution in [2.75, 3.05) is 0 Å². The number of hydrogen-bond donors (Lipinski definition) is 0. The Bertz CT molecular complexity index is 845. The van der Waals surface area contributed by atoms with Crippen molar-refractivity contribution < 1.29 is 4.39 Å². The fourth-order valence-electron chi connectivity index (χ4n) is 5.13. The Morgan fingerprint density at radius 2 is 2.08 bits per heavy atom. The number of allylic oxidation sites excluding steroid dienone is 2. The average molecular weight is 336 g/mol. The molecule has 2 aliphatic carbocycles. The predicted molar refractivity (Wildman–Crippen MR) is 100 cm³/mol. The maximum atomic E-state index is 13.2. The number of fused-ring (bicyclic) bond motifs is 2. The van der Waals surface area contributed by atoms with Gasteiger partial charge in [-0.15, -0.1) is 6.58 Å². The minimum absolute atomic E-state index is 0.180. The topological polar surface area (TPSA) is 17.8 Å². The number of nitrogens with zero attached hydrogens (tertiary/aromatic N) is 2. The monoisotopic (exact) mass is 336 g/mol. The summed E-state index contributed by atoms with van der Waals surface area (Å²) >= 11 is 0. The molecule has 2 aliphatic rings. The van der Waals surface area contributed by atoms with E-state index in [0.717, 1.165) is 30.6 Å². The molecular weight excluding hydrogens is 311 g/mol. The molecule has 2 atom stereocenters. The Kier molecular flexibility index (Phi) is 3.71. The molecule has 0 spiro atoms. The standard InChI is InChI=1S/C22H25FN2/c1-4-11-22(5-2)12-10-17-13-20-16(14-21(17,22)3)15-24-25(20)19-8-6-18(23)7-9-19/h4,6-9,13,15H,1,5,10-12,14H2,2-3H3/t21-,22+/m0/s1. The summed E-state index contributed by atoms with van der Waals surface area (Å²) in [5.41, 5.74) is 5.38. The molecule has 1 heterocycles. The quantitative estimate of drug-likeness (QED) is 0.653.